The van der Waals surface area contributed by atoms with E-state index in [2.05, 4.69) is 0 Å². The fourth-order valence-electron chi connectivity index (χ4n) is 2.84. The highest BCUT2D eigenvalue weighted by Gasteiger charge is 2.19. The molecule has 0 radical (unpaired) electrons. The van der Waals surface area contributed by atoms with Crippen molar-refractivity contribution in [1.82, 2.24) is 0 Å². The Morgan fingerprint density at radius 2 is 1.96 bits per heavy atom. The standard InChI is InChI=1S/C20H12ClFO4S/c1-10-2-4-13-11(7-17(23)26-15(13)6-10)9-25-20(24)19-18(21)14-5-3-12(22)8-16(14)27-19/h2-8H,9H2,1H3. The second-order valence-electron chi connectivity index (χ2n) is 6.05. The van der Waals surface area contributed by atoms with Gasteiger partial charge in [-0.1, -0.05) is 23.7 Å². The van der Waals surface area contributed by atoms with Gasteiger partial charge in [0.25, 0.3) is 0 Å². The third kappa shape index (κ3) is 3.34. The van der Waals surface area contributed by atoms with Crippen molar-refractivity contribution >= 4 is 50.0 Å². The van der Waals surface area contributed by atoms with Crippen molar-refractivity contribution < 1.29 is 18.3 Å². The molecule has 136 valence electrons. The number of aryl methyl sites for hydroxylation is 1. The fraction of sp³-hybridized carbons (Fsp3) is 0.100. The first-order valence-corrected chi connectivity index (χ1v) is 9.20. The third-order valence-electron chi connectivity index (χ3n) is 4.12. The molecule has 0 aliphatic heterocycles. The molecule has 2 aromatic carbocycles. The maximum Gasteiger partial charge on any atom is 0.350 e. The van der Waals surface area contributed by atoms with E-state index < -0.39 is 17.4 Å². The number of halogens is 2. The molecule has 2 aromatic heterocycles. The molecule has 0 aliphatic rings. The summed E-state index contributed by atoms with van der Waals surface area (Å²) in [6.45, 7) is 1.78. The maximum absolute atomic E-state index is 13.4. The highest BCUT2D eigenvalue weighted by atomic mass is 35.5. The van der Waals surface area contributed by atoms with E-state index in [9.17, 15) is 14.0 Å². The van der Waals surface area contributed by atoms with E-state index in [-0.39, 0.29) is 16.5 Å². The second-order valence-corrected chi connectivity index (χ2v) is 7.48. The minimum absolute atomic E-state index is 0.108. The monoisotopic (exact) mass is 402 g/mol. The van der Waals surface area contributed by atoms with Crippen molar-refractivity contribution in [2.75, 3.05) is 0 Å². The number of hydrogen-bond acceptors (Lipinski definition) is 5. The van der Waals surface area contributed by atoms with Crippen molar-refractivity contribution in [3.8, 4) is 0 Å². The Kier molecular flexibility index (Phi) is 4.45. The van der Waals surface area contributed by atoms with Crippen molar-refractivity contribution in [2.45, 2.75) is 13.5 Å². The molecular formula is C20H12ClFO4S. The summed E-state index contributed by atoms with van der Waals surface area (Å²) in [6.07, 6.45) is 0. The van der Waals surface area contributed by atoms with Crippen LogP contribution < -0.4 is 5.63 Å². The largest absolute Gasteiger partial charge is 0.457 e. The van der Waals surface area contributed by atoms with Crippen molar-refractivity contribution in [1.29, 1.82) is 0 Å². The van der Waals surface area contributed by atoms with Crippen molar-refractivity contribution in [3.63, 3.8) is 0 Å². The molecule has 7 heteroatoms. The number of carbonyl (C=O) groups is 1. The Hall–Kier alpha value is -2.70. The molecule has 0 unspecified atom stereocenters. The summed E-state index contributed by atoms with van der Waals surface area (Å²) in [5.74, 6) is -1.03. The highest BCUT2D eigenvalue weighted by Crippen LogP contribution is 2.36. The number of benzene rings is 2. The zero-order valence-electron chi connectivity index (χ0n) is 14.0. The maximum atomic E-state index is 13.4. The van der Waals surface area contributed by atoms with Gasteiger partial charge < -0.3 is 9.15 Å². The van der Waals surface area contributed by atoms with Crippen LogP contribution in [0, 0.1) is 12.7 Å². The van der Waals surface area contributed by atoms with Gasteiger partial charge in [0.15, 0.2) is 0 Å². The predicted molar refractivity (Wildman–Crippen MR) is 103 cm³/mol. The Morgan fingerprint density at radius 1 is 1.19 bits per heavy atom. The second kappa shape index (κ2) is 6.79. The summed E-state index contributed by atoms with van der Waals surface area (Å²) in [7, 11) is 0. The lowest BCUT2D eigenvalue weighted by Crippen LogP contribution is -2.07. The van der Waals surface area contributed by atoms with E-state index >= 15 is 0 Å². The fourth-order valence-corrected chi connectivity index (χ4v) is 4.26. The molecule has 0 N–H and O–H groups in total. The molecular weight excluding hydrogens is 391 g/mol. The van der Waals surface area contributed by atoms with Crippen LogP contribution in [0.15, 0.2) is 51.7 Å². The molecule has 0 saturated carbocycles. The average molecular weight is 403 g/mol. The Labute approximate surface area is 161 Å². The van der Waals surface area contributed by atoms with E-state index in [0.29, 0.717) is 26.6 Å². The summed E-state index contributed by atoms with van der Waals surface area (Å²) in [6, 6.07) is 10.9. The zero-order valence-corrected chi connectivity index (χ0v) is 15.6. The van der Waals surface area contributed by atoms with Gasteiger partial charge in [-0.05, 0) is 36.8 Å². The minimum Gasteiger partial charge on any atom is -0.457 e. The summed E-state index contributed by atoms with van der Waals surface area (Å²) in [4.78, 5) is 24.4. The highest BCUT2D eigenvalue weighted by molar-refractivity contribution is 7.21. The van der Waals surface area contributed by atoms with Crippen LogP contribution in [-0.4, -0.2) is 5.97 Å². The van der Waals surface area contributed by atoms with E-state index in [1.54, 1.807) is 6.07 Å². The van der Waals surface area contributed by atoms with Crippen LogP contribution in [0.25, 0.3) is 21.1 Å². The molecule has 4 aromatic rings. The number of carbonyl (C=O) groups excluding carboxylic acids is 1. The van der Waals surface area contributed by atoms with Gasteiger partial charge in [0.2, 0.25) is 0 Å². The molecule has 0 amide bonds. The summed E-state index contributed by atoms with van der Waals surface area (Å²) >= 11 is 7.31. The lowest BCUT2D eigenvalue weighted by molar-refractivity contribution is 0.0480. The Bertz CT molecular complexity index is 1260. The first-order valence-electron chi connectivity index (χ1n) is 8.00. The summed E-state index contributed by atoms with van der Waals surface area (Å²) in [5.41, 5.74) is 1.40. The van der Waals surface area contributed by atoms with E-state index in [1.807, 2.05) is 19.1 Å². The third-order valence-corrected chi connectivity index (χ3v) is 5.76. The molecule has 4 rings (SSSR count). The lowest BCUT2D eigenvalue weighted by Gasteiger charge is -2.07. The average Bonchev–Trinajstić information content (AvgIpc) is 2.94. The van der Waals surface area contributed by atoms with Crippen LogP contribution in [0.2, 0.25) is 5.02 Å². The molecule has 2 heterocycles. The van der Waals surface area contributed by atoms with Crippen molar-refractivity contribution in [2.24, 2.45) is 0 Å². The molecule has 0 spiro atoms. The van der Waals surface area contributed by atoms with E-state index in [1.165, 1.54) is 24.3 Å². The molecule has 27 heavy (non-hydrogen) atoms. The predicted octanol–water partition coefficient (Wildman–Crippen LogP) is 5.47. The van der Waals surface area contributed by atoms with Gasteiger partial charge in [-0.15, -0.1) is 11.3 Å². The molecule has 0 bridgehead atoms. The quantitative estimate of drug-likeness (QED) is 0.337. The van der Waals surface area contributed by atoms with Gasteiger partial charge in [0.1, 0.15) is 22.9 Å². The first-order chi connectivity index (χ1) is 12.9. The van der Waals surface area contributed by atoms with Crippen LogP contribution in [0.3, 0.4) is 0 Å². The first kappa shape index (κ1) is 17.7. The van der Waals surface area contributed by atoms with Gasteiger partial charge in [-0.3, -0.25) is 0 Å². The number of esters is 1. The Balaban J connectivity index is 1.64. The van der Waals surface area contributed by atoms with Gasteiger partial charge in [0.05, 0.1) is 5.02 Å². The number of ether oxygens (including phenoxy) is 1. The molecule has 0 fully saturated rings. The summed E-state index contributed by atoms with van der Waals surface area (Å²) < 4.78 is 24.5. The molecule has 0 saturated heterocycles. The minimum atomic E-state index is -0.630. The van der Waals surface area contributed by atoms with Gasteiger partial charge in [-0.25, -0.2) is 14.0 Å². The van der Waals surface area contributed by atoms with Gasteiger partial charge in [-0.2, -0.15) is 0 Å². The van der Waals surface area contributed by atoms with Gasteiger partial charge >= 0.3 is 11.6 Å². The lowest BCUT2D eigenvalue weighted by atomic mass is 10.1. The van der Waals surface area contributed by atoms with Crippen LogP contribution in [0.1, 0.15) is 20.8 Å². The number of hydrogen-bond donors (Lipinski definition) is 0. The molecule has 0 atom stereocenters. The number of rotatable bonds is 3. The normalized spacial score (nSPS) is 11.2. The van der Waals surface area contributed by atoms with E-state index in [4.69, 9.17) is 20.8 Å². The SMILES string of the molecule is Cc1ccc2c(COC(=O)c3sc4cc(F)ccc4c3Cl)cc(=O)oc2c1. The van der Waals surface area contributed by atoms with Crippen LogP contribution in [0.5, 0.6) is 0 Å². The Morgan fingerprint density at radius 3 is 2.78 bits per heavy atom. The van der Waals surface area contributed by atoms with Crippen LogP contribution >= 0.6 is 22.9 Å². The number of thiophene rings is 1. The van der Waals surface area contributed by atoms with Crippen LogP contribution in [0.4, 0.5) is 4.39 Å². The summed E-state index contributed by atoms with van der Waals surface area (Å²) in [5, 5.41) is 1.52. The molecule has 4 nitrogen and oxygen atoms in total. The number of fused-ring (bicyclic) bond motifs is 2. The van der Waals surface area contributed by atoms with Crippen molar-refractivity contribution in [3.05, 3.63) is 79.7 Å². The van der Waals surface area contributed by atoms with Gasteiger partial charge in [0, 0.05) is 27.1 Å². The topological polar surface area (TPSA) is 56.5 Å². The molecule has 0 aliphatic carbocycles. The van der Waals surface area contributed by atoms with Crippen LogP contribution in [-0.2, 0) is 11.3 Å². The smallest absolute Gasteiger partial charge is 0.350 e. The zero-order chi connectivity index (χ0) is 19.1. The van der Waals surface area contributed by atoms with E-state index in [0.717, 1.165) is 16.9 Å².